The molecule has 1 heterocycles. The molecule has 0 fully saturated rings. The molecule has 0 amide bonds. The zero-order chi connectivity index (χ0) is 40.8. The molecule has 10 rings (SSSR count). The maximum Gasteiger partial charge on any atom is 0.113 e. The van der Waals surface area contributed by atoms with Crippen molar-refractivity contribution >= 4 is 45.1 Å². The lowest BCUT2D eigenvalue weighted by Crippen LogP contribution is -2.00. The predicted octanol–water partition coefficient (Wildman–Crippen LogP) is 15.3. The highest BCUT2D eigenvalue weighted by molar-refractivity contribution is 7.00. The molecule has 0 saturated heterocycles. The second kappa shape index (κ2) is 17.4. The van der Waals surface area contributed by atoms with E-state index in [-0.39, 0.29) is 0 Å². The fourth-order valence-electron chi connectivity index (χ4n) is 8.66. The van der Waals surface area contributed by atoms with E-state index in [9.17, 15) is 0 Å². The van der Waals surface area contributed by atoms with Gasteiger partial charge in [-0.1, -0.05) is 231 Å². The molecule has 0 N–H and O–H groups in total. The van der Waals surface area contributed by atoms with E-state index >= 15 is 0 Å². The van der Waals surface area contributed by atoms with Gasteiger partial charge in [0.25, 0.3) is 0 Å². The summed E-state index contributed by atoms with van der Waals surface area (Å²) in [5, 5.41) is 0. The molecule has 3 heteroatoms. The first-order valence-corrected chi connectivity index (χ1v) is 21.6. The Morgan fingerprint density at radius 2 is 0.672 bits per heavy atom. The smallest absolute Gasteiger partial charge is 0.113 e. The molecule has 1 aromatic heterocycles. The molecule has 0 atom stereocenters. The van der Waals surface area contributed by atoms with Crippen molar-refractivity contribution in [2.24, 2.45) is 0 Å². The van der Waals surface area contributed by atoms with Crippen LogP contribution in [0.2, 0.25) is 0 Å². The van der Waals surface area contributed by atoms with E-state index < -0.39 is 0 Å². The summed E-state index contributed by atoms with van der Waals surface area (Å²) in [6, 6.07) is 76.2. The third-order valence-corrected chi connectivity index (χ3v) is 12.1. The first-order valence-electron chi connectivity index (χ1n) is 20.9. The second-order valence-corrected chi connectivity index (χ2v) is 15.8. The topological polar surface area (TPSA) is 25.8 Å². The Hall–Kier alpha value is -7.46. The minimum Gasteiger partial charge on any atom is -0.172 e. The van der Waals surface area contributed by atoms with E-state index in [0.29, 0.717) is 0 Å². The molecular formula is C58H42N2S. The van der Waals surface area contributed by atoms with Crippen molar-refractivity contribution in [3.8, 4) is 22.3 Å². The van der Waals surface area contributed by atoms with E-state index in [1.807, 2.05) is 0 Å². The number of hydrogen-bond acceptors (Lipinski definition) is 3. The molecule has 8 aromatic carbocycles. The molecule has 0 spiro atoms. The average molecular weight is 799 g/mol. The van der Waals surface area contributed by atoms with Gasteiger partial charge in [0.05, 0.1) is 11.7 Å². The van der Waals surface area contributed by atoms with Crippen molar-refractivity contribution in [1.82, 2.24) is 8.75 Å². The van der Waals surface area contributed by atoms with Crippen molar-refractivity contribution in [2.45, 2.75) is 12.8 Å². The standard InChI is InChI=1S/C58H42N2S/c1-7-19-43(20-8-1)53(44-21-9-2-10-22-44)55(47-27-15-5-16-28-47)49-35-31-41(32-36-49)51-39-40-52(58-57(51)59-61-60-58)42-33-37-50(38-34-42)56(48-29-17-6-18-30-48)54(45-23-11-3-12-24-45)46-25-13-4-14-26-46/h1-13,15-25,27-40H,14,26H2/b56-54-. The molecule has 290 valence electrons. The van der Waals surface area contributed by atoms with E-state index in [0.717, 1.165) is 51.7 Å². The van der Waals surface area contributed by atoms with Crippen LogP contribution in [0, 0.1) is 0 Å². The monoisotopic (exact) mass is 798 g/mol. The van der Waals surface area contributed by atoms with Gasteiger partial charge in [0.1, 0.15) is 11.0 Å². The van der Waals surface area contributed by atoms with Crippen LogP contribution in [0.4, 0.5) is 0 Å². The molecule has 1 aliphatic rings. The molecule has 0 radical (unpaired) electrons. The van der Waals surface area contributed by atoms with Crippen LogP contribution in [0.1, 0.15) is 51.8 Å². The Balaban J connectivity index is 1.04. The lowest BCUT2D eigenvalue weighted by Gasteiger charge is -2.21. The van der Waals surface area contributed by atoms with Crippen LogP contribution in [-0.2, 0) is 0 Å². The molecular weight excluding hydrogens is 757 g/mol. The predicted molar refractivity (Wildman–Crippen MR) is 258 cm³/mol. The summed E-state index contributed by atoms with van der Waals surface area (Å²) in [6.07, 6.45) is 8.79. The van der Waals surface area contributed by atoms with Crippen LogP contribution in [0.15, 0.2) is 236 Å². The Morgan fingerprint density at radius 3 is 1.02 bits per heavy atom. The van der Waals surface area contributed by atoms with Crippen molar-refractivity contribution in [2.75, 3.05) is 0 Å². The van der Waals surface area contributed by atoms with E-state index in [2.05, 4.69) is 231 Å². The second-order valence-electron chi connectivity index (χ2n) is 15.3. The van der Waals surface area contributed by atoms with Gasteiger partial charge in [0.15, 0.2) is 0 Å². The van der Waals surface area contributed by atoms with E-state index in [1.165, 1.54) is 73.0 Å². The summed E-state index contributed by atoms with van der Waals surface area (Å²) in [7, 11) is 0. The summed E-state index contributed by atoms with van der Waals surface area (Å²) >= 11 is 1.27. The number of fused-ring (bicyclic) bond motifs is 1. The molecule has 0 bridgehead atoms. The maximum absolute atomic E-state index is 4.89. The number of aromatic nitrogens is 2. The van der Waals surface area contributed by atoms with Gasteiger partial charge in [-0.3, -0.25) is 0 Å². The molecule has 1 aliphatic carbocycles. The summed E-state index contributed by atoms with van der Waals surface area (Å²) in [6.45, 7) is 0. The van der Waals surface area contributed by atoms with Crippen LogP contribution in [-0.4, -0.2) is 8.75 Å². The molecule has 61 heavy (non-hydrogen) atoms. The van der Waals surface area contributed by atoms with Crippen LogP contribution >= 0.6 is 11.7 Å². The summed E-state index contributed by atoms with van der Waals surface area (Å²) in [4.78, 5) is 0. The average Bonchev–Trinajstić information content (AvgIpc) is 3.85. The zero-order valence-electron chi connectivity index (χ0n) is 33.7. The molecule has 0 saturated carbocycles. The van der Waals surface area contributed by atoms with Crippen molar-refractivity contribution < 1.29 is 0 Å². The molecule has 0 unspecified atom stereocenters. The summed E-state index contributed by atoms with van der Waals surface area (Å²) in [5.74, 6) is 0. The third-order valence-electron chi connectivity index (χ3n) is 11.5. The van der Waals surface area contributed by atoms with Crippen molar-refractivity contribution in [1.29, 1.82) is 0 Å². The third kappa shape index (κ3) is 7.76. The van der Waals surface area contributed by atoms with Crippen LogP contribution < -0.4 is 0 Å². The Bertz CT molecular complexity index is 3010. The Morgan fingerprint density at radius 1 is 0.344 bits per heavy atom. The Kier molecular flexibility index (Phi) is 10.8. The number of nitrogens with zero attached hydrogens (tertiary/aromatic N) is 2. The highest BCUT2D eigenvalue weighted by atomic mass is 32.1. The lowest BCUT2D eigenvalue weighted by molar-refractivity contribution is 0.996. The number of rotatable bonds is 10. The largest absolute Gasteiger partial charge is 0.172 e. The van der Waals surface area contributed by atoms with Crippen LogP contribution in [0.25, 0.3) is 55.6 Å². The van der Waals surface area contributed by atoms with Gasteiger partial charge in [-0.05, 0) is 90.8 Å². The fraction of sp³-hybridized carbons (Fsp3) is 0.0345. The van der Waals surface area contributed by atoms with Crippen LogP contribution in [0.3, 0.4) is 0 Å². The highest BCUT2D eigenvalue weighted by Crippen LogP contribution is 2.42. The van der Waals surface area contributed by atoms with Gasteiger partial charge in [0, 0.05) is 11.1 Å². The Labute approximate surface area is 362 Å². The van der Waals surface area contributed by atoms with Crippen molar-refractivity contribution in [3.05, 3.63) is 275 Å². The minimum atomic E-state index is 0.918. The lowest BCUT2D eigenvalue weighted by atomic mass is 9.83. The highest BCUT2D eigenvalue weighted by Gasteiger charge is 2.21. The van der Waals surface area contributed by atoms with E-state index in [1.54, 1.807) is 0 Å². The minimum absolute atomic E-state index is 0.918. The number of hydrogen-bond donors (Lipinski definition) is 0. The number of allylic oxidation sites excluding steroid dienone is 5. The fourth-order valence-corrected chi connectivity index (χ4v) is 9.23. The molecule has 0 aliphatic heterocycles. The SMILES string of the molecule is C1=CCCC(/C(=C(/c2ccccc2)c2ccc(-c3ccc(-c4ccc(C(=C(c5ccccc5)c5ccccc5)c5ccccc5)cc4)c4nsnc34)cc2)c2ccccc2)=C1. The maximum atomic E-state index is 4.89. The van der Waals surface area contributed by atoms with Crippen LogP contribution in [0.5, 0.6) is 0 Å². The van der Waals surface area contributed by atoms with Gasteiger partial charge in [-0.15, -0.1) is 0 Å². The van der Waals surface area contributed by atoms with Gasteiger partial charge in [-0.25, -0.2) is 0 Å². The zero-order valence-corrected chi connectivity index (χ0v) is 34.5. The van der Waals surface area contributed by atoms with Gasteiger partial charge in [0.2, 0.25) is 0 Å². The molecule has 2 nitrogen and oxygen atoms in total. The quantitative estimate of drug-likeness (QED) is 0.129. The number of benzene rings is 8. The normalized spacial score (nSPS) is 12.8. The van der Waals surface area contributed by atoms with Gasteiger partial charge < -0.3 is 0 Å². The molecule has 9 aromatic rings. The first kappa shape index (κ1) is 37.8. The van der Waals surface area contributed by atoms with Gasteiger partial charge in [-0.2, -0.15) is 8.75 Å². The first-order chi connectivity index (χ1) is 30.3. The van der Waals surface area contributed by atoms with Crippen molar-refractivity contribution in [3.63, 3.8) is 0 Å². The summed E-state index contributed by atoms with van der Waals surface area (Å²) in [5.41, 5.74) is 20.8. The van der Waals surface area contributed by atoms with Gasteiger partial charge >= 0.3 is 0 Å². The summed E-state index contributed by atoms with van der Waals surface area (Å²) < 4.78 is 9.78. The van der Waals surface area contributed by atoms with E-state index in [4.69, 9.17) is 8.75 Å².